The van der Waals surface area contributed by atoms with Crippen molar-refractivity contribution in [3.8, 4) is 22.8 Å². The lowest BCUT2D eigenvalue weighted by molar-refractivity contribution is -0.135. The maximum Gasteiger partial charge on any atom is 0.255 e. The molecule has 3 heterocycles. The van der Waals surface area contributed by atoms with Crippen molar-refractivity contribution in [3.05, 3.63) is 36.0 Å². The number of likely N-dealkylation sites (tertiary alicyclic amines) is 1. The smallest absolute Gasteiger partial charge is 0.255 e. The second kappa shape index (κ2) is 9.49. The summed E-state index contributed by atoms with van der Waals surface area (Å²) in [5, 5.41) is 21.9. The Hall–Kier alpha value is -3.73. The number of aromatic amines is 1. The van der Waals surface area contributed by atoms with E-state index >= 15 is 0 Å². The molecule has 1 aliphatic carbocycles. The number of aromatic hydroxyl groups is 1. The highest BCUT2D eigenvalue weighted by molar-refractivity contribution is 6.08. The van der Waals surface area contributed by atoms with Gasteiger partial charge in [-0.2, -0.15) is 0 Å². The molecule has 2 aliphatic rings. The third-order valence-corrected chi connectivity index (χ3v) is 6.50. The van der Waals surface area contributed by atoms with E-state index in [0.717, 1.165) is 12.8 Å². The minimum atomic E-state index is -0.805. The van der Waals surface area contributed by atoms with Gasteiger partial charge in [-0.3, -0.25) is 9.59 Å². The van der Waals surface area contributed by atoms with Crippen LogP contribution in [0.3, 0.4) is 0 Å². The quantitative estimate of drug-likeness (QED) is 0.403. The summed E-state index contributed by atoms with van der Waals surface area (Å²) in [5.74, 6) is -1.20. The molecule has 2 amide bonds. The lowest BCUT2D eigenvalue weighted by atomic mass is 10.0. The van der Waals surface area contributed by atoms with Crippen LogP contribution < -0.4 is 10.1 Å². The standard InChI is InChI=1S/C24H26FN5O5/c25-17-7-15(19(8-18(17)32)35-11-13-1-2-13)21-23-22(28-12-27-21)16(9-26-23)24(34)29-14-3-5-30(6-4-14)20(33)10-31/h7-9,12-14,26,31-32H,1-6,10-11H2,(H,29,34). The van der Waals surface area contributed by atoms with E-state index in [9.17, 15) is 19.1 Å². The first-order chi connectivity index (χ1) is 16.9. The van der Waals surface area contributed by atoms with Gasteiger partial charge < -0.3 is 30.2 Å². The van der Waals surface area contributed by atoms with Gasteiger partial charge in [0.05, 0.1) is 17.7 Å². The van der Waals surface area contributed by atoms with E-state index in [0.29, 0.717) is 72.1 Å². The van der Waals surface area contributed by atoms with Crippen LogP contribution in [0.25, 0.3) is 22.3 Å². The van der Waals surface area contributed by atoms with Crippen LogP contribution in [0.4, 0.5) is 4.39 Å². The highest BCUT2D eigenvalue weighted by Crippen LogP contribution is 2.38. The number of phenols is 1. The number of nitrogens with one attached hydrogen (secondary N) is 2. The molecule has 10 nitrogen and oxygen atoms in total. The van der Waals surface area contributed by atoms with Crippen molar-refractivity contribution < 1.29 is 28.9 Å². The van der Waals surface area contributed by atoms with Crippen LogP contribution in [0, 0.1) is 11.7 Å². The average Bonchev–Trinajstić information content (AvgIpc) is 3.60. The average molecular weight is 484 g/mol. The van der Waals surface area contributed by atoms with Gasteiger partial charge in [0.15, 0.2) is 11.6 Å². The number of H-pyrrole nitrogens is 1. The molecule has 1 saturated carbocycles. The highest BCUT2D eigenvalue weighted by atomic mass is 19.1. The van der Waals surface area contributed by atoms with E-state index in [1.54, 1.807) is 4.90 Å². The summed E-state index contributed by atoms with van der Waals surface area (Å²) in [5.41, 5.74) is 1.85. The number of aromatic nitrogens is 3. The van der Waals surface area contributed by atoms with Crippen molar-refractivity contribution >= 4 is 22.8 Å². The van der Waals surface area contributed by atoms with E-state index in [-0.39, 0.29) is 17.9 Å². The maximum atomic E-state index is 14.3. The topological polar surface area (TPSA) is 141 Å². The number of aliphatic hydroxyl groups excluding tert-OH is 1. The number of hydrogen-bond acceptors (Lipinski definition) is 7. The molecule has 0 atom stereocenters. The van der Waals surface area contributed by atoms with Crippen molar-refractivity contribution in [2.45, 2.75) is 31.7 Å². The number of benzene rings is 1. The summed E-state index contributed by atoms with van der Waals surface area (Å²) in [6.45, 7) is 0.862. The molecule has 35 heavy (non-hydrogen) atoms. The number of ether oxygens (including phenoxy) is 1. The van der Waals surface area contributed by atoms with Gasteiger partial charge in [0, 0.05) is 37.0 Å². The van der Waals surface area contributed by atoms with Crippen LogP contribution in [-0.2, 0) is 4.79 Å². The summed E-state index contributed by atoms with van der Waals surface area (Å²) in [7, 11) is 0. The monoisotopic (exact) mass is 483 g/mol. The van der Waals surface area contributed by atoms with Gasteiger partial charge in [0.25, 0.3) is 5.91 Å². The van der Waals surface area contributed by atoms with Gasteiger partial charge in [-0.25, -0.2) is 14.4 Å². The molecule has 0 bridgehead atoms. The Bertz CT molecular complexity index is 1270. The molecule has 1 aliphatic heterocycles. The largest absolute Gasteiger partial charge is 0.505 e. The van der Waals surface area contributed by atoms with Gasteiger partial charge in [0.1, 0.15) is 29.9 Å². The second-order valence-electron chi connectivity index (χ2n) is 8.99. The Labute approximate surface area is 200 Å². The first kappa shape index (κ1) is 23.0. The van der Waals surface area contributed by atoms with E-state index in [1.807, 2.05) is 0 Å². The third kappa shape index (κ3) is 4.76. The second-order valence-corrected chi connectivity index (χ2v) is 8.99. The molecule has 1 aromatic carbocycles. The molecule has 4 N–H and O–H groups in total. The van der Waals surface area contributed by atoms with Crippen LogP contribution in [0.5, 0.6) is 11.5 Å². The summed E-state index contributed by atoms with van der Waals surface area (Å²) < 4.78 is 20.2. The number of rotatable bonds is 7. The van der Waals surface area contributed by atoms with Crippen LogP contribution in [0.2, 0.25) is 0 Å². The van der Waals surface area contributed by atoms with E-state index in [1.165, 1.54) is 24.7 Å². The first-order valence-corrected chi connectivity index (χ1v) is 11.6. The number of amides is 2. The van der Waals surface area contributed by atoms with Gasteiger partial charge >= 0.3 is 0 Å². The zero-order chi connectivity index (χ0) is 24.5. The molecule has 1 saturated heterocycles. The Morgan fingerprint density at radius 2 is 1.97 bits per heavy atom. The number of hydrogen-bond donors (Lipinski definition) is 4. The molecule has 0 spiro atoms. The molecule has 0 radical (unpaired) electrons. The fourth-order valence-electron chi connectivity index (χ4n) is 4.29. The van der Waals surface area contributed by atoms with E-state index < -0.39 is 18.2 Å². The van der Waals surface area contributed by atoms with Gasteiger partial charge in [-0.05, 0) is 37.7 Å². The lowest BCUT2D eigenvalue weighted by Gasteiger charge is -2.32. The SMILES string of the molecule is O=C(NC1CCN(C(=O)CO)CC1)c1c[nH]c2c(-c3cc(F)c(O)cc3OCC3CC3)ncnc12. The minimum absolute atomic E-state index is 0.120. The zero-order valence-electron chi connectivity index (χ0n) is 19.0. The van der Waals surface area contributed by atoms with Crippen molar-refractivity contribution in [1.82, 2.24) is 25.2 Å². The summed E-state index contributed by atoms with van der Waals surface area (Å²) in [6.07, 6.45) is 6.14. The van der Waals surface area contributed by atoms with Crippen molar-refractivity contribution in [1.29, 1.82) is 0 Å². The predicted molar refractivity (Wildman–Crippen MR) is 123 cm³/mol. The number of aliphatic hydroxyl groups is 1. The molecule has 2 fully saturated rings. The number of fused-ring (bicyclic) bond motifs is 1. The van der Waals surface area contributed by atoms with Crippen molar-refractivity contribution in [3.63, 3.8) is 0 Å². The van der Waals surface area contributed by atoms with Crippen LogP contribution in [0.15, 0.2) is 24.7 Å². The Morgan fingerprint density at radius 3 is 2.69 bits per heavy atom. The number of carbonyl (C=O) groups excluding carboxylic acids is 2. The summed E-state index contributed by atoms with van der Waals surface area (Å²) >= 11 is 0. The molecule has 2 aromatic heterocycles. The third-order valence-electron chi connectivity index (χ3n) is 6.50. The Morgan fingerprint density at radius 1 is 1.20 bits per heavy atom. The van der Waals surface area contributed by atoms with Gasteiger partial charge in [0.2, 0.25) is 5.91 Å². The number of nitrogens with zero attached hydrogens (tertiary/aromatic N) is 3. The number of phenolic OH excluding ortho intramolecular Hbond substituents is 1. The van der Waals surface area contributed by atoms with Crippen molar-refractivity contribution in [2.24, 2.45) is 5.92 Å². The molecule has 184 valence electrons. The number of halogens is 1. The number of piperidine rings is 1. The maximum absolute atomic E-state index is 14.3. The number of carbonyl (C=O) groups is 2. The normalized spacial score (nSPS) is 16.5. The van der Waals surface area contributed by atoms with Crippen molar-refractivity contribution in [2.75, 3.05) is 26.3 Å². The van der Waals surface area contributed by atoms with E-state index in [2.05, 4.69) is 20.3 Å². The molecule has 3 aromatic rings. The summed E-state index contributed by atoms with van der Waals surface area (Å²) in [4.78, 5) is 37.9. The van der Waals surface area contributed by atoms with Crippen LogP contribution in [0.1, 0.15) is 36.0 Å². The van der Waals surface area contributed by atoms with Gasteiger partial charge in [-0.15, -0.1) is 0 Å². The molecule has 11 heteroatoms. The fourth-order valence-corrected chi connectivity index (χ4v) is 4.29. The van der Waals surface area contributed by atoms with E-state index in [4.69, 9.17) is 9.84 Å². The zero-order valence-corrected chi connectivity index (χ0v) is 19.0. The fraction of sp³-hybridized carbons (Fsp3) is 0.417. The van der Waals surface area contributed by atoms with Crippen LogP contribution in [-0.4, -0.2) is 74.2 Å². The Balaban J connectivity index is 1.39. The first-order valence-electron chi connectivity index (χ1n) is 11.6. The molecule has 5 rings (SSSR count). The molecular formula is C24H26FN5O5. The summed E-state index contributed by atoms with van der Waals surface area (Å²) in [6, 6.07) is 2.29. The lowest BCUT2D eigenvalue weighted by Crippen LogP contribution is -2.47. The molecular weight excluding hydrogens is 457 g/mol. The minimum Gasteiger partial charge on any atom is -0.505 e. The Kier molecular flexibility index (Phi) is 6.25. The highest BCUT2D eigenvalue weighted by Gasteiger charge is 2.27. The van der Waals surface area contributed by atoms with Gasteiger partial charge in [-0.1, -0.05) is 0 Å². The molecule has 0 unspecified atom stereocenters. The van der Waals surface area contributed by atoms with Crippen LogP contribution >= 0.6 is 0 Å². The predicted octanol–water partition coefficient (Wildman–Crippen LogP) is 1.97.